The van der Waals surface area contributed by atoms with Gasteiger partial charge in [-0.25, -0.2) is 4.79 Å². The zero-order chi connectivity index (χ0) is 20.4. The van der Waals surface area contributed by atoms with Gasteiger partial charge in [-0.3, -0.25) is 0 Å². The molecule has 0 saturated carbocycles. The van der Waals surface area contributed by atoms with Gasteiger partial charge in [-0.05, 0) is 73.5 Å². The van der Waals surface area contributed by atoms with Gasteiger partial charge in [-0.2, -0.15) is 0 Å². The molecule has 3 aliphatic rings. The summed E-state index contributed by atoms with van der Waals surface area (Å²) in [6.07, 6.45) is 8.37. The molecule has 2 amide bonds. The fourth-order valence-corrected chi connectivity index (χ4v) is 5.06. The molecule has 0 bridgehead atoms. The van der Waals surface area contributed by atoms with Crippen molar-refractivity contribution >= 4 is 6.03 Å². The van der Waals surface area contributed by atoms with Gasteiger partial charge < -0.3 is 20.3 Å². The largest absolute Gasteiger partial charge is 0.497 e. The zero-order valence-electron chi connectivity index (χ0n) is 17.9. The van der Waals surface area contributed by atoms with Crippen LogP contribution in [0.1, 0.15) is 57.6 Å². The molecule has 0 spiro atoms. The van der Waals surface area contributed by atoms with Crippen LogP contribution in [0.15, 0.2) is 47.2 Å². The molecule has 1 aromatic carbocycles. The molecule has 156 valence electrons. The number of urea groups is 1. The van der Waals surface area contributed by atoms with Gasteiger partial charge in [0.15, 0.2) is 0 Å². The van der Waals surface area contributed by atoms with Crippen LogP contribution >= 0.6 is 0 Å². The number of carbonyl (C=O) groups excluding carboxylic acids is 1. The molecule has 4 rings (SSSR count). The average Bonchev–Trinajstić information content (AvgIpc) is 2.71. The number of benzene rings is 1. The van der Waals surface area contributed by atoms with Crippen molar-refractivity contribution in [3.63, 3.8) is 0 Å². The number of carbonyl (C=O) groups is 1. The van der Waals surface area contributed by atoms with Crippen LogP contribution < -0.4 is 15.4 Å². The van der Waals surface area contributed by atoms with Crippen LogP contribution in [0.3, 0.4) is 0 Å². The van der Waals surface area contributed by atoms with Crippen LogP contribution in [0.4, 0.5) is 4.79 Å². The lowest BCUT2D eigenvalue weighted by atomic mass is 9.69. The van der Waals surface area contributed by atoms with Crippen molar-refractivity contribution in [1.82, 2.24) is 15.5 Å². The van der Waals surface area contributed by atoms with Crippen molar-refractivity contribution in [2.24, 2.45) is 5.41 Å². The summed E-state index contributed by atoms with van der Waals surface area (Å²) in [7, 11) is 1.67. The molecule has 1 saturated heterocycles. The Morgan fingerprint density at radius 1 is 1.14 bits per heavy atom. The highest BCUT2D eigenvalue weighted by atomic mass is 16.5. The highest BCUT2D eigenvalue weighted by molar-refractivity contribution is 5.80. The molecule has 1 unspecified atom stereocenters. The predicted octanol–water partition coefficient (Wildman–Crippen LogP) is 4.54. The second-order valence-electron chi connectivity index (χ2n) is 9.15. The fraction of sp³-hybridized carbons (Fsp3) is 0.542. The molecular weight excluding hydrogens is 362 g/mol. The Morgan fingerprint density at radius 2 is 1.86 bits per heavy atom. The van der Waals surface area contributed by atoms with Gasteiger partial charge in [0, 0.05) is 12.2 Å². The Morgan fingerprint density at radius 3 is 2.55 bits per heavy atom. The van der Waals surface area contributed by atoms with Gasteiger partial charge in [-0.15, -0.1) is 0 Å². The number of nitrogens with zero attached hydrogens (tertiary/aromatic N) is 1. The summed E-state index contributed by atoms with van der Waals surface area (Å²) in [6, 6.07) is 7.77. The minimum absolute atomic E-state index is 0.0212. The summed E-state index contributed by atoms with van der Waals surface area (Å²) in [5.41, 5.74) is 4.76. The topological polar surface area (TPSA) is 53.6 Å². The summed E-state index contributed by atoms with van der Waals surface area (Å²) in [5.74, 6) is 0.825. The quantitative estimate of drug-likeness (QED) is 0.770. The highest BCUT2D eigenvalue weighted by Crippen LogP contribution is 2.47. The second-order valence-corrected chi connectivity index (χ2v) is 9.15. The Hall–Kier alpha value is -2.27. The maximum Gasteiger partial charge on any atom is 0.319 e. The first kappa shape index (κ1) is 20.0. The van der Waals surface area contributed by atoms with Crippen molar-refractivity contribution in [3.8, 4) is 5.75 Å². The van der Waals surface area contributed by atoms with Crippen molar-refractivity contribution in [1.29, 1.82) is 0 Å². The number of ether oxygens (including phenoxy) is 1. The van der Waals surface area contributed by atoms with Gasteiger partial charge in [-0.1, -0.05) is 38.0 Å². The summed E-state index contributed by atoms with van der Waals surface area (Å²) in [5, 5.41) is 6.22. The average molecular weight is 396 g/mol. The molecule has 2 heterocycles. The molecule has 29 heavy (non-hydrogen) atoms. The van der Waals surface area contributed by atoms with E-state index in [1.165, 1.54) is 43.5 Å². The van der Waals surface area contributed by atoms with E-state index in [0.29, 0.717) is 0 Å². The van der Waals surface area contributed by atoms with Crippen molar-refractivity contribution < 1.29 is 9.53 Å². The van der Waals surface area contributed by atoms with Gasteiger partial charge in [0.2, 0.25) is 0 Å². The van der Waals surface area contributed by atoms with E-state index in [-0.39, 0.29) is 17.5 Å². The molecule has 2 N–H and O–H groups in total. The minimum atomic E-state index is -0.131. The van der Waals surface area contributed by atoms with Crippen LogP contribution in [0.2, 0.25) is 0 Å². The zero-order valence-corrected chi connectivity index (χ0v) is 17.9. The molecule has 0 aromatic heterocycles. The lowest BCUT2D eigenvalue weighted by molar-refractivity contribution is 0.227. The number of hydrogen-bond acceptors (Lipinski definition) is 3. The molecule has 1 fully saturated rings. The van der Waals surface area contributed by atoms with Gasteiger partial charge in [0.05, 0.1) is 13.2 Å². The smallest absolute Gasteiger partial charge is 0.319 e. The SMILES string of the molecule is COc1ccc(C2NC(=O)NC3=C2C(C)(C)CC(CCN2CCCCC2)=C3)cc1. The Balaban J connectivity index is 1.59. The Labute approximate surface area is 174 Å². The molecule has 1 aromatic rings. The Kier molecular flexibility index (Phi) is 5.68. The lowest BCUT2D eigenvalue weighted by Gasteiger charge is -2.42. The predicted molar refractivity (Wildman–Crippen MR) is 116 cm³/mol. The number of allylic oxidation sites excluding steroid dienone is 1. The highest BCUT2D eigenvalue weighted by Gasteiger charge is 2.39. The minimum Gasteiger partial charge on any atom is -0.497 e. The van der Waals surface area contributed by atoms with E-state index in [0.717, 1.165) is 36.4 Å². The molecular formula is C24H33N3O2. The van der Waals surface area contributed by atoms with E-state index in [9.17, 15) is 4.79 Å². The molecule has 5 nitrogen and oxygen atoms in total. The van der Waals surface area contributed by atoms with Crippen LogP contribution in [0.25, 0.3) is 0 Å². The van der Waals surface area contributed by atoms with E-state index >= 15 is 0 Å². The number of methoxy groups -OCH3 is 1. The fourth-order valence-electron chi connectivity index (χ4n) is 5.06. The van der Waals surface area contributed by atoms with Crippen molar-refractivity contribution in [2.45, 2.75) is 52.0 Å². The van der Waals surface area contributed by atoms with Gasteiger partial charge in [0.1, 0.15) is 5.75 Å². The first-order valence-electron chi connectivity index (χ1n) is 10.8. The number of hydrogen-bond donors (Lipinski definition) is 2. The number of piperidine rings is 1. The normalized spacial score (nSPS) is 24.3. The maximum absolute atomic E-state index is 12.4. The first-order valence-corrected chi connectivity index (χ1v) is 10.8. The van der Waals surface area contributed by atoms with Crippen LogP contribution in [-0.2, 0) is 0 Å². The molecule has 1 aliphatic carbocycles. The maximum atomic E-state index is 12.4. The van der Waals surface area contributed by atoms with E-state index in [1.54, 1.807) is 7.11 Å². The third-order valence-electron chi connectivity index (χ3n) is 6.50. The molecule has 2 aliphatic heterocycles. The van der Waals surface area contributed by atoms with E-state index in [1.807, 2.05) is 24.3 Å². The summed E-state index contributed by atoms with van der Waals surface area (Å²) < 4.78 is 5.29. The molecule has 5 heteroatoms. The van der Waals surface area contributed by atoms with E-state index in [2.05, 4.69) is 35.5 Å². The standard InChI is InChI=1S/C24H33N3O2/c1-24(2)16-17(11-14-27-12-5-4-6-13-27)15-20-21(24)22(26-23(28)25-20)18-7-9-19(29-3)10-8-18/h7-10,15,22H,4-6,11-14,16H2,1-3H3,(H2,25,26,28). The number of amides is 2. The van der Waals surface area contributed by atoms with Crippen molar-refractivity contribution in [3.05, 3.63) is 52.7 Å². The third-order valence-corrected chi connectivity index (χ3v) is 6.50. The van der Waals surface area contributed by atoms with Crippen molar-refractivity contribution in [2.75, 3.05) is 26.7 Å². The first-order chi connectivity index (χ1) is 14.0. The lowest BCUT2D eigenvalue weighted by Crippen LogP contribution is -2.47. The summed E-state index contributed by atoms with van der Waals surface area (Å²) in [6.45, 7) is 8.17. The number of rotatable bonds is 5. The number of nitrogens with one attached hydrogen (secondary N) is 2. The van der Waals surface area contributed by atoms with Crippen LogP contribution in [0.5, 0.6) is 5.75 Å². The molecule has 1 atom stereocenters. The summed E-state index contributed by atoms with van der Waals surface area (Å²) in [4.78, 5) is 15.0. The molecule has 0 radical (unpaired) electrons. The van der Waals surface area contributed by atoms with Gasteiger partial charge in [0.25, 0.3) is 0 Å². The summed E-state index contributed by atoms with van der Waals surface area (Å²) >= 11 is 0. The van der Waals surface area contributed by atoms with E-state index in [4.69, 9.17) is 4.74 Å². The monoisotopic (exact) mass is 395 g/mol. The number of likely N-dealkylation sites (tertiary alicyclic amines) is 1. The second kappa shape index (κ2) is 8.23. The van der Waals surface area contributed by atoms with Gasteiger partial charge >= 0.3 is 6.03 Å². The van der Waals surface area contributed by atoms with Crippen LogP contribution in [0, 0.1) is 5.41 Å². The van der Waals surface area contributed by atoms with E-state index < -0.39 is 0 Å². The van der Waals surface area contributed by atoms with Crippen LogP contribution in [-0.4, -0.2) is 37.7 Å². The Bertz CT molecular complexity index is 817. The third kappa shape index (κ3) is 4.35.